The standard InChI is InChI=1S/C36H45FO5/c1-4-6-8-9-10-11-13-19-35(38)41-30-24-25-32(34(37)26-30)31-17-14-15-18-33(31)36(39)42-29-22-20-28(21-23-29)40-27(3)16-12-7-5-2/h14-15,17-18,20-27H,4-13,16,19H2,1-3H3. The van der Waals surface area contributed by atoms with Crippen molar-refractivity contribution in [3.63, 3.8) is 0 Å². The summed E-state index contributed by atoms with van der Waals surface area (Å²) >= 11 is 0. The molecule has 0 amide bonds. The summed E-state index contributed by atoms with van der Waals surface area (Å²) in [5.74, 6) is -0.343. The molecule has 3 rings (SSSR count). The van der Waals surface area contributed by atoms with E-state index in [1.165, 1.54) is 50.7 Å². The lowest BCUT2D eigenvalue weighted by molar-refractivity contribution is -0.134. The molecule has 0 bridgehead atoms. The van der Waals surface area contributed by atoms with E-state index < -0.39 is 11.8 Å². The molecule has 5 nitrogen and oxygen atoms in total. The predicted octanol–water partition coefficient (Wildman–Crippen LogP) is 10.1. The summed E-state index contributed by atoms with van der Waals surface area (Å²) in [6.45, 7) is 6.41. The van der Waals surface area contributed by atoms with Crippen molar-refractivity contribution in [1.82, 2.24) is 0 Å². The molecule has 1 atom stereocenters. The molecule has 0 N–H and O–H groups in total. The van der Waals surface area contributed by atoms with Crippen LogP contribution >= 0.6 is 0 Å². The Bertz CT molecular complexity index is 1250. The van der Waals surface area contributed by atoms with Crippen LogP contribution in [0, 0.1) is 5.82 Å². The van der Waals surface area contributed by atoms with Gasteiger partial charge < -0.3 is 14.2 Å². The molecule has 3 aromatic carbocycles. The molecular formula is C36H45FO5. The van der Waals surface area contributed by atoms with Crippen molar-refractivity contribution >= 4 is 11.9 Å². The zero-order chi connectivity index (χ0) is 30.2. The minimum atomic E-state index is -0.600. The highest BCUT2D eigenvalue weighted by Crippen LogP contribution is 2.30. The van der Waals surface area contributed by atoms with Gasteiger partial charge in [0.2, 0.25) is 0 Å². The fraction of sp³-hybridized carbons (Fsp3) is 0.444. The van der Waals surface area contributed by atoms with Crippen LogP contribution in [0.1, 0.15) is 108 Å². The molecule has 226 valence electrons. The monoisotopic (exact) mass is 576 g/mol. The van der Waals surface area contributed by atoms with Crippen LogP contribution in [0.3, 0.4) is 0 Å². The number of ether oxygens (including phenoxy) is 3. The summed E-state index contributed by atoms with van der Waals surface area (Å²) in [7, 11) is 0. The highest BCUT2D eigenvalue weighted by atomic mass is 19.1. The molecule has 0 aliphatic carbocycles. The second-order valence-corrected chi connectivity index (χ2v) is 10.8. The lowest BCUT2D eigenvalue weighted by Crippen LogP contribution is -2.12. The first kappa shape index (κ1) is 32.8. The Morgan fingerprint density at radius 3 is 2.02 bits per heavy atom. The maximum atomic E-state index is 15.2. The Hall–Kier alpha value is -3.67. The summed E-state index contributed by atoms with van der Waals surface area (Å²) < 4.78 is 32.1. The number of carbonyl (C=O) groups excluding carboxylic acids is 2. The second-order valence-electron chi connectivity index (χ2n) is 10.8. The molecule has 0 fully saturated rings. The third-order valence-corrected chi connectivity index (χ3v) is 7.18. The Morgan fingerprint density at radius 2 is 1.31 bits per heavy atom. The Labute approximate surface area is 250 Å². The molecule has 42 heavy (non-hydrogen) atoms. The topological polar surface area (TPSA) is 61.8 Å². The van der Waals surface area contributed by atoms with E-state index in [2.05, 4.69) is 13.8 Å². The van der Waals surface area contributed by atoms with Gasteiger partial charge in [0, 0.05) is 18.1 Å². The van der Waals surface area contributed by atoms with Crippen LogP contribution in [-0.2, 0) is 4.79 Å². The highest BCUT2D eigenvalue weighted by Gasteiger charge is 2.18. The number of unbranched alkanes of at least 4 members (excludes halogenated alkanes) is 8. The second kappa shape index (κ2) is 18.0. The van der Waals surface area contributed by atoms with Crippen molar-refractivity contribution in [2.24, 2.45) is 0 Å². The van der Waals surface area contributed by atoms with Crippen LogP contribution < -0.4 is 14.2 Å². The molecule has 0 heterocycles. The molecular weight excluding hydrogens is 531 g/mol. The van der Waals surface area contributed by atoms with E-state index in [9.17, 15) is 9.59 Å². The molecule has 0 radical (unpaired) electrons. The van der Waals surface area contributed by atoms with E-state index in [0.717, 1.165) is 32.1 Å². The number of rotatable bonds is 18. The van der Waals surface area contributed by atoms with Gasteiger partial charge in [-0.25, -0.2) is 9.18 Å². The van der Waals surface area contributed by atoms with Crippen LogP contribution in [0.15, 0.2) is 66.7 Å². The van der Waals surface area contributed by atoms with E-state index in [0.29, 0.717) is 23.5 Å². The quantitative estimate of drug-likeness (QED) is 0.0856. The maximum Gasteiger partial charge on any atom is 0.344 e. The first-order valence-corrected chi connectivity index (χ1v) is 15.5. The molecule has 0 saturated carbocycles. The fourth-order valence-electron chi connectivity index (χ4n) is 4.80. The van der Waals surface area contributed by atoms with Crippen molar-refractivity contribution in [3.05, 3.63) is 78.1 Å². The molecule has 0 aliphatic heterocycles. The fourth-order valence-corrected chi connectivity index (χ4v) is 4.80. The van der Waals surface area contributed by atoms with Gasteiger partial charge in [-0.05, 0) is 74.2 Å². The number of halogens is 1. The summed E-state index contributed by atoms with van der Waals surface area (Å²) in [6, 6.07) is 17.9. The van der Waals surface area contributed by atoms with E-state index >= 15 is 4.39 Å². The molecule has 1 unspecified atom stereocenters. The summed E-state index contributed by atoms with van der Waals surface area (Å²) in [6.07, 6.45) is 12.6. The largest absolute Gasteiger partial charge is 0.491 e. The van der Waals surface area contributed by atoms with Gasteiger partial charge in [-0.1, -0.05) is 83.4 Å². The van der Waals surface area contributed by atoms with Gasteiger partial charge in [0.05, 0.1) is 11.7 Å². The Balaban J connectivity index is 1.58. The number of hydrogen-bond acceptors (Lipinski definition) is 5. The van der Waals surface area contributed by atoms with Gasteiger partial charge in [0.15, 0.2) is 0 Å². The number of hydrogen-bond donors (Lipinski definition) is 0. The number of carbonyl (C=O) groups is 2. The van der Waals surface area contributed by atoms with Crippen molar-refractivity contribution in [2.75, 3.05) is 0 Å². The number of benzene rings is 3. The van der Waals surface area contributed by atoms with Gasteiger partial charge in [0.1, 0.15) is 23.1 Å². The van der Waals surface area contributed by atoms with Crippen molar-refractivity contribution < 1.29 is 28.2 Å². The van der Waals surface area contributed by atoms with Crippen LogP contribution in [0.2, 0.25) is 0 Å². The SMILES string of the molecule is CCCCCCCCCC(=O)Oc1ccc(-c2ccccc2C(=O)Oc2ccc(OC(C)CCCCC)cc2)c(F)c1. The van der Waals surface area contributed by atoms with E-state index in [-0.39, 0.29) is 28.9 Å². The predicted molar refractivity (Wildman–Crippen MR) is 166 cm³/mol. The lowest BCUT2D eigenvalue weighted by Gasteiger charge is -2.15. The van der Waals surface area contributed by atoms with Gasteiger partial charge in [0.25, 0.3) is 0 Å². The van der Waals surface area contributed by atoms with Crippen molar-refractivity contribution in [1.29, 1.82) is 0 Å². The highest BCUT2D eigenvalue weighted by molar-refractivity contribution is 5.98. The zero-order valence-corrected chi connectivity index (χ0v) is 25.3. The van der Waals surface area contributed by atoms with Crippen molar-refractivity contribution in [2.45, 2.75) is 104 Å². The van der Waals surface area contributed by atoms with Gasteiger partial charge in [-0.3, -0.25) is 4.79 Å². The van der Waals surface area contributed by atoms with Crippen LogP contribution in [-0.4, -0.2) is 18.0 Å². The molecule has 0 aromatic heterocycles. The minimum absolute atomic E-state index is 0.103. The summed E-state index contributed by atoms with van der Waals surface area (Å²) in [4.78, 5) is 25.3. The third kappa shape index (κ3) is 11.0. The molecule has 0 spiro atoms. The van der Waals surface area contributed by atoms with Crippen LogP contribution in [0.4, 0.5) is 4.39 Å². The van der Waals surface area contributed by atoms with E-state index in [4.69, 9.17) is 14.2 Å². The zero-order valence-electron chi connectivity index (χ0n) is 25.3. The lowest BCUT2D eigenvalue weighted by atomic mass is 9.99. The molecule has 0 aliphatic rings. The summed E-state index contributed by atoms with van der Waals surface area (Å²) in [5.41, 5.74) is 0.835. The van der Waals surface area contributed by atoms with Crippen LogP contribution in [0.5, 0.6) is 17.2 Å². The maximum absolute atomic E-state index is 15.2. The molecule has 3 aromatic rings. The normalized spacial score (nSPS) is 11.6. The van der Waals surface area contributed by atoms with E-state index in [1.807, 2.05) is 6.92 Å². The number of esters is 2. The smallest absolute Gasteiger partial charge is 0.344 e. The molecule has 6 heteroatoms. The van der Waals surface area contributed by atoms with Crippen molar-refractivity contribution in [3.8, 4) is 28.4 Å². The third-order valence-electron chi connectivity index (χ3n) is 7.18. The van der Waals surface area contributed by atoms with Crippen LogP contribution in [0.25, 0.3) is 11.1 Å². The van der Waals surface area contributed by atoms with Gasteiger partial charge in [-0.2, -0.15) is 0 Å². The van der Waals surface area contributed by atoms with E-state index in [1.54, 1.807) is 54.6 Å². The first-order valence-electron chi connectivity index (χ1n) is 15.5. The Morgan fingerprint density at radius 1 is 0.690 bits per heavy atom. The first-order chi connectivity index (χ1) is 20.4. The van der Waals surface area contributed by atoms with Gasteiger partial charge in [-0.15, -0.1) is 0 Å². The van der Waals surface area contributed by atoms with Gasteiger partial charge >= 0.3 is 11.9 Å². The average Bonchev–Trinajstić information content (AvgIpc) is 2.98. The summed E-state index contributed by atoms with van der Waals surface area (Å²) in [5, 5.41) is 0. The molecule has 0 saturated heterocycles. The average molecular weight is 577 g/mol. The Kier molecular flexibility index (Phi) is 14.1. The minimum Gasteiger partial charge on any atom is -0.491 e.